The quantitative estimate of drug-likeness (QED) is 0.716. The first-order valence-electron chi connectivity index (χ1n) is 9.96. The van der Waals surface area contributed by atoms with E-state index >= 15 is 0 Å². The van der Waals surface area contributed by atoms with Crippen LogP contribution < -0.4 is 10.2 Å². The van der Waals surface area contributed by atoms with Crippen LogP contribution in [0.4, 0.5) is 0 Å². The second-order valence-electron chi connectivity index (χ2n) is 8.37. The second kappa shape index (κ2) is 7.56. The third-order valence-corrected chi connectivity index (χ3v) is 8.12. The van der Waals surface area contributed by atoms with Gasteiger partial charge in [0.25, 0.3) is 5.91 Å². The highest BCUT2D eigenvalue weighted by atomic mass is 32.2. The van der Waals surface area contributed by atoms with Crippen LogP contribution in [0.25, 0.3) is 11.0 Å². The normalized spacial score (nSPS) is 24.9. The molecule has 2 saturated carbocycles. The summed E-state index contributed by atoms with van der Waals surface area (Å²) in [6.07, 6.45) is 5.10. The van der Waals surface area contributed by atoms with Crippen LogP contribution >= 0.6 is 0 Å². The van der Waals surface area contributed by atoms with E-state index < -0.39 is 10.0 Å². The standard InChI is InChI=1S/C19H27N5O4S/c1-12(16-9-13-4-5-14(16)8-13)20-19(25)11-28-24-18-10-15(29(26,27)23(2)3)6-7-17(18)21-22-24/h6-7,10,12-14,16H,4-5,8-9,11H2,1-3H3,(H,20,25). The molecule has 4 atom stereocenters. The number of nitrogens with zero attached hydrogens (tertiary/aromatic N) is 4. The first-order valence-corrected chi connectivity index (χ1v) is 11.4. The van der Waals surface area contributed by atoms with E-state index in [2.05, 4.69) is 22.6 Å². The Labute approximate surface area is 170 Å². The molecule has 4 unspecified atom stereocenters. The van der Waals surface area contributed by atoms with Crippen molar-refractivity contribution in [1.82, 2.24) is 24.8 Å². The molecule has 10 heteroatoms. The van der Waals surface area contributed by atoms with Gasteiger partial charge in [-0.05, 0) is 67.4 Å². The predicted molar refractivity (Wildman–Crippen MR) is 106 cm³/mol. The van der Waals surface area contributed by atoms with Gasteiger partial charge in [0.15, 0.2) is 6.61 Å². The monoisotopic (exact) mass is 421 g/mol. The van der Waals surface area contributed by atoms with E-state index in [1.54, 1.807) is 6.07 Å². The fraction of sp³-hybridized carbons (Fsp3) is 0.632. The maximum atomic E-state index is 12.4. The molecule has 9 nitrogen and oxygen atoms in total. The zero-order valence-corrected chi connectivity index (χ0v) is 17.7. The molecule has 0 aliphatic heterocycles. The average Bonchev–Trinajstić information content (AvgIpc) is 3.41. The molecule has 1 aromatic carbocycles. The molecule has 1 aromatic heterocycles. The fourth-order valence-corrected chi connectivity index (χ4v) is 5.70. The summed E-state index contributed by atoms with van der Waals surface area (Å²) >= 11 is 0. The number of sulfonamides is 1. The van der Waals surface area contributed by atoms with Crippen LogP contribution in [0, 0.1) is 17.8 Å². The summed E-state index contributed by atoms with van der Waals surface area (Å²) in [7, 11) is -0.663. The topological polar surface area (TPSA) is 106 Å². The van der Waals surface area contributed by atoms with Crippen molar-refractivity contribution in [2.45, 2.75) is 43.5 Å². The molecule has 0 spiro atoms. The molecule has 2 fully saturated rings. The van der Waals surface area contributed by atoms with Gasteiger partial charge in [0, 0.05) is 20.1 Å². The Morgan fingerprint density at radius 2 is 2.14 bits per heavy atom. The van der Waals surface area contributed by atoms with Crippen LogP contribution in [0.5, 0.6) is 0 Å². The summed E-state index contributed by atoms with van der Waals surface area (Å²) in [5.41, 5.74) is 0.875. The number of fused-ring (bicyclic) bond motifs is 3. The lowest BCUT2D eigenvalue weighted by molar-refractivity contribution is -0.127. The third-order valence-electron chi connectivity index (χ3n) is 6.31. The highest BCUT2D eigenvalue weighted by molar-refractivity contribution is 7.89. The molecular formula is C19H27N5O4S. The van der Waals surface area contributed by atoms with Crippen molar-refractivity contribution < 1.29 is 18.0 Å². The zero-order valence-electron chi connectivity index (χ0n) is 16.9. The number of hydrogen-bond donors (Lipinski definition) is 1. The summed E-state index contributed by atoms with van der Waals surface area (Å²) in [5.74, 6) is 1.88. The van der Waals surface area contributed by atoms with Crippen molar-refractivity contribution in [3.8, 4) is 0 Å². The molecule has 0 saturated heterocycles. The van der Waals surface area contributed by atoms with Crippen molar-refractivity contribution in [1.29, 1.82) is 0 Å². The number of aromatic nitrogens is 3. The van der Waals surface area contributed by atoms with Gasteiger partial charge in [-0.25, -0.2) is 12.7 Å². The van der Waals surface area contributed by atoms with Crippen LogP contribution in [-0.4, -0.2) is 60.5 Å². The summed E-state index contributed by atoms with van der Waals surface area (Å²) in [6, 6.07) is 4.60. The largest absolute Gasteiger partial charge is 0.385 e. The van der Waals surface area contributed by atoms with Crippen LogP contribution in [0.15, 0.2) is 23.1 Å². The number of carbonyl (C=O) groups is 1. The van der Waals surface area contributed by atoms with E-state index in [0.717, 1.165) is 21.0 Å². The minimum Gasteiger partial charge on any atom is -0.385 e. The highest BCUT2D eigenvalue weighted by Crippen LogP contribution is 2.49. The molecule has 158 valence electrons. The predicted octanol–water partition coefficient (Wildman–Crippen LogP) is 1.05. The van der Waals surface area contributed by atoms with Crippen LogP contribution in [0.1, 0.15) is 32.6 Å². The Hall–Kier alpha value is -2.20. The minimum absolute atomic E-state index is 0.108. The first-order chi connectivity index (χ1) is 13.8. The van der Waals surface area contributed by atoms with Crippen LogP contribution in [-0.2, 0) is 14.8 Å². The van der Waals surface area contributed by atoms with Gasteiger partial charge in [0.2, 0.25) is 10.0 Å². The van der Waals surface area contributed by atoms with Crippen molar-refractivity contribution >= 4 is 27.0 Å². The van der Waals surface area contributed by atoms with Crippen LogP contribution in [0.2, 0.25) is 0 Å². The summed E-state index contributed by atoms with van der Waals surface area (Å²) in [5, 5.41) is 10.9. The molecule has 2 aromatic rings. The third kappa shape index (κ3) is 3.83. The van der Waals surface area contributed by atoms with Gasteiger partial charge in [-0.1, -0.05) is 11.3 Å². The molecule has 1 heterocycles. The lowest BCUT2D eigenvalue weighted by Gasteiger charge is -2.28. The van der Waals surface area contributed by atoms with Crippen LogP contribution in [0.3, 0.4) is 0 Å². The van der Waals surface area contributed by atoms with Crippen molar-refractivity contribution in [2.24, 2.45) is 17.8 Å². The lowest BCUT2D eigenvalue weighted by Crippen LogP contribution is -2.43. The minimum atomic E-state index is -3.59. The van der Waals surface area contributed by atoms with E-state index in [-0.39, 0.29) is 23.5 Å². The summed E-state index contributed by atoms with van der Waals surface area (Å²) in [4.78, 5) is 19.1. The Balaban J connectivity index is 1.41. The van der Waals surface area contributed by atoms with Crippen molar-refractivity contribution in [3.63, 3.8) is 0 Å². The molecule has 2 bridgehead atoms. The second-order valence-corrected chi connectivity index (χ2v) is 10.5. The molecule has 29 heavy (non-hydrogen) atoms. The number of benzene rings is 1. The lowest BCUT2D eigenvalue weighted by atomic mass is 9.84. The maximum Gasteiger partial charge on any atom is 0.260 e. The molecule has 4 rings (SSSR count). The molecule has 2 aliphatic carbocycles. The van der Waals surface area contributed by atoms with Gasteiger partial charge < -0.3 is 10.2 Å². The van der Waals surface area contributed by atoms with E-state index in [1.165, 1.54) is 51.9 Å². The number of amides is 1. The van der Waals surface area contributed by atoms with E-state index in [9.17, 15) is 13.2 Å². The highest BCUT2D eigenvalue weighted by Gasteiger charge is 2.42. The maximum absolute atomic E-state index is 12.4. The SMILES string of the molecule is CC(NC(=O)COn1nnc2ccc(S(=O)(=O)N(C)C)cc21)C1CC2CCC1C2. The van der Waals surface area contributed by atoms with Crippen molar-refractivity contribution in [2.75, 3.05) is 20.7 Å². The van der Waals surface area contributed by atoms with Gasteiger partial charge in [-0.15, -0.1) is 5.10 Å². The van der Waals surface area contributed by atoms with Gasteiger partial charge in [-0.3, -0.25) is 4.79 Å². The summed E-state index contributed by atoms with van der Waals surface area (Å²) < 4.78 is 25.8. The number of carbonyl (C=O) groups excluding carboxylic acids is 1. The smallest absolute Gasteiger partial charge is 0.260 e. The fourth-order valence-electron chi connectivity index (χ4n) is 4.77. The average molecular weight is 422 g/mol. The first kappa shape index (κ1) is 20.1. The van der Waals surface area contributed by atoms with E-state index in [0.29, 0.717) is 17.0 Å². The molecular weight excluding hydrogens is 394 g/mol. The van der Waals surface area contributed by atoms with E-state index in [1.807, 2.05) is 0 Å². The molecule has 0 radical (unpaired) electrons. The zero-order chi connectivity index (χ0) is 20.8. The van der Waals surface area contributed by atoms with E-state index in [4.69, 9.17) is 4.84 Å². The van der Waals surface area contributed by atoms with Gasteiger partial charge in [0.05, 0.1) is 4.90 Å². The Kier molecular flexibility index (Phi) is 5.24. The number of rotatable bonds is 7. The molecule has 1 N–H and O–H groups in total. The van der Waals surface area contributed by atoms with Crippen molar-refractivity contribution in [3.05, 3.63) is 18.2 Å². The Bertz CT molecular complexity index is 1020. The van der Waals surface area contributed by atoms with Gasteiger partial charge in [0.1, 0.15) is 11.0 Å². The molecule has 2 aliphatic rings. The Morgan fingerprint density at radius 3 is 2.79 bits per heavy atom. The van der Waals surface area contributed by atoms with Gasteiger partial charge in [-0.2, -0.15) is 0 Å². The Morgan fingerprint density at radius 1 is 1.34 bits per heavy atom. The molecule has 1 amide bonds. The summed E-state index contributed by atoms with van der Waals surface area (Å²) in [6.45, 7) is 1.85. The number of hydrogen-bond acceptors (Lipinski definition) is 6. The van der Waals surface area contributed by atoms with Gasteiger partial charge >= 0.3 is 0 Å². The number of nitrogens with one attached hydrogen (secondary N) is 1.